The fraction of sp³-hybridized carbons (Fsp3) is 0.591. The van der Waals surface area contributed by atoms with E-state index in [2.05, 4.69) is 19.9 Å². The monoisotopic (exact) mass is 472 g/mol. The van der Waals surface area contributed by atoms with Crippen molar-refractivity contribution in [2.24, 2.45) is 0 Å². The molecule has 170 valence electrons. The summed E-state index contributed by atoms with van der Waals surface area (Å²) in [5.41, 5.74) is 2.29. The van der Waals surface area contributed by atoms with Gasteiger partial charge in [-0.1, -0.05) is 0 Å². The molecular weight excluding hydrogens is 444 g/mol. The number of ether oxygens (including phenoxy) is 2. The van der Waals surface area contributed by atoms with Crippen molar-refractivity contribution < 1.29 is 9.47 Å². The van der Waals surface area contributed by atoms with E-state index in [1.807, 2.05) is 11.6 Å². The summed E-state index contributed by atoms with van der Waals surface area (Å²) in [5.74, 6) is 1.59. The molecule has 1 aliphatic carbocycles. The van der Waals surface area contributed by atoms with Gasteiger partial charge in [-0.2, -0.15) is 9.36 Å². The van der Waals surface area contributed by atoms with E-state index in [1.165, 1.54) is 53.0 Å². The minimum Gasteiger partial charge on any atom is -0.379 e. The summed E-state index contributed by atoms with van der Waals surface area (Å²) < 4.78 is 15.4. The molecule has 5 heterocycles. The number of fused-ring (bicyclic) bond motifs is 3. The van der Waals surface area contributed by atoms with Crippen LogP contribution in [-0.2, 0) is 22.5 Å². The molecule has 0 atom stereocenters. The Bertz CT molecular complexity index is 1060. The van der Waals surface area contributed by atoms with E-state index in [4.69, 9.17) is 19.4 Å². The Balaban J connectivity index is 1.24. The molecule has 2 aliphatic heterocycles. The zero-order chi connectivity index (χ0) is 21.3. The maximum absolute atomic E-state index is 5.71. The highest BCUT2D eigenvalue weighted by atomic mass is 32.1. The lowest BCUT2D eigenvalue weighted by Crippen LogP contribution is -2.46. The number of nitrogens with one attached hydrogen (secondary N) is 2. The molecule has 3 aromatic rings. The van der Waals surface area contributed by atoms with Crippen LogP contribution in [0, 0.1) is 0 Å². The summed E-state index contributed by atoms with van der Waals surface area (Å²) in [5, 5.41) is 10.3. The molecule has 1 saturated carbocycles. The number of nitrogens with zero attached hydrogens (tertiary/aromatic N) is 4. The van der Waals surface area contributed by atoms with E-state index in [1.54, 1.807) is 11.3 Å². The van der Waals surface area contributed by atoms with Gasteiger partial charge in [0.1, 0.15) is 10.6 Å². The molecule has 0 radical (unpaired) electrons. The molecule has 2 fully saturated rings. The molecule has 1 saturated heterocycles. The van der Waals surface area contributed by atoms with Gasteiger partial charge in [-0.05, 0) is 49.2 Å². The van der Waals surface area contributed by atoms with Crippen LogP contribution in [0.5, 0.6) is 0 Å². The number of thiophene rings is 1. The number of anilines is 3. The zero-order valence-electron chi connectivity index (χ0n) is 18.0. The maximum Gasteiger partial charge on any atom is 0.230 e. The minimum absolute atomic E-state index is 0.441. The van der Waals surface area contributed by atoms with Crippen molar-refractivity contribution in [1.29, 1.82) is 0 Å². The lowest BCUT2D eigenvalue weighted by molar-refractivity contribution is 0.00791. The number of rotatable bonds is 5. The Kier molecular flexibility index (Phi) is 5.95. The lowest BCUT2D eigenvalue weighted by Gasteiger charge is -2.39. The predicted octanol–water partition coefficient (Wildman–Crippen LogP) is 4.02. The maximum atomic E-state index is 5.71. The van der Waals surface area contributed by atoms with Crippen molar-refractivity contribution in [3.63, 3.8) is 0 Å². The first-order valence-corrected chi connectivity index (χ1v) is 13.1. The van der Waals surface area contributed by atoms with Crippen molar-refractivity contribution in [2.75, 3.05) is 43.5 Å². The van der Waals surface area contributed by atoms with Gasteiger partial charge in [-0.3, -0.25) is 4.90 Å². The molecule has 3 aromatic heterocycles. The molecule has 0 aromatic carbocycles. The topological polar surface area (TPSA) is 84.4 Å². The van der Waals surface area contributed by atoms with Crippen LogP contribution in [0.25, 0.3) is 10.2 Å². The number of aromatic nitrogens is 3. The van der Waals surface area contributed by atoms with Crippen molar-refractivity contribution in [3.8, 4) is 0 Å². The standard InChI is InChI=1S/C22H28N6O2S2/c1-3-16(28-6-9-29-10-7-28)4-2-14(1)24-20-19-17-5-8-30-12-18(17)32-21(19)27-22(26-20)25-15-11-23-31-13-15/h11,13-14,16H,1-10,12H2,(H2,24,25,26,27). The van der Waals surface area contributed by atoms with Crippen LogP contribution in [0.15, 0.2) is 11.6 Å². The molecule has 0 unspecified atom stereocenters. The highest BCUT2D eigenvalue weighted by Crippen LogP contribution is 2.39. The average molecular weight is 473 g/mol. The van der Waals surface area contributed by atoms with Gasteiger partial charge in [-0.25, -0.2) is 4.98 Å². The minimum atomic E-state index is 0.441. The Hall–Kier alpha value is -1.85. The summed E-state index contributed by atoms with van der Waals surface area (Å²) in [4.78, 5) is 14.7. The SMILES string of the molecule is c1nscc1Nc1nc(NC2CCC(N3CCOCC3)CC2)c2c3c(sc2n1)COCC3. The Labute approximate surface area is 195 Å². The van der Waals surface area contributed by atoms with E-state index in [0.29, 0.717) is 24.6 Å². The average Bonchev–Trinajstić information content (AvgIpc) is 3.47. The third kappa shape index (κ3) is 4.22. The summed E-state index contributed by atoms with van der Waals surface area (Å²) in [7, 11) is 0. The Morgan fingerprint density at radius 1 is 1.03 bits per heavy atom. The smallest absolute Gasteiger partial charge is 0.230 e. The van der Waals surface area contributed by atoms with Crippen molar-refractivity contribution >= 4 is 50.5 Å². The van der Waals surface area contributed by atoms with Gasteiger partial charge < -0.3 is 20.1 Å². The Morgan fingerprint density at radius 2 is 1.91 bits per heavy atom. The van der Waals surface area contributed by atoms with Crippen LogP contribution in [0.3, 0.4) is 0 Å². The van der Waals surface area contributed by atoms with E-state index >= 15 is 0 Å². The van der Waals surface area contributed by atoms with Crippen LogP contribution in [0.1, 0.15) is 36.1 Å². The third-order valence-electron chi connectivity index (χ3n) is 6.75. The number of hydrogen-bond donors (Lipinski definition) is 2. The molecule has 0 spiro atoms. The number of hydrogen-bond acceptors (Lipinski definition) is 10. The van der Waals surface area contributed by atoms with Gasteiger partial charge in [0.15, 0.2) is 0 Å². The van der Waals surface area contributed by atoms with E-state index in [-0.39, 0.29) is 0 Å². The van der Waals surface area contributed by atoms with Crippen molar-refractivity contribution in [3.05, 3.63) is 22.0 Å². The first kappa shape index (κ1) is 20.7. The van der Waals surface area contributed by atoms with Crippen LogP contribution < -0.4 is 10.6 Å². The molecule has 0 bridgehead atoms. The molecular formula is C22H28N6O2S2. The lowest BCUT2D eigenvalue weighted by atomic mass is 9.90. The van der Waals surface area contributed by atoms with Gasteiger partial charge >= 0.3 is 0 Å². The zero-order valence-corrected chi connectivity index (χ0v) is 19.6. The van der Waals surface area contributed by atoms with Gasteiger partial charge in [0.05, 0.1) is 43.7 Å². The fourth-order valence-electron chi connectivity index (χ4n) is 5.10. The first-order chi connectivity index (χ1) is 15.8. The highest BCUT2D eigenvalue weighted by Gasteiger charge is 2.28. The van der Waals surface area contributed by atoms with Crippen molar-refractivity contribution in [2.45, 2.75) is 50.8 Å². The molecule has 6 rings (SSSR count). The summed E-state index contributed by atoms with van der Waals surface area (Å²) in [6, 6.07) is 1.13. The van der Waals surface area contributed by atoms with E-state index in [0.717, 1.165) is 55.7 Å². The normalized spacial score (nSPS) is 24.4. The van der Waals surface area contributed by atoms with Gasteiger partial charge in [0.25, 0.3) is 0 Å². The van der Waals surface area contributed by atoms with Crippen LogP contribution in [-0.4, -0.2) is 64.2 Å². The Morgan fingerprint density at radius 3 is 2.72 bits per heavy atom. The quantitative estimate of drug-likeness (QED) is 0.576. The van der Waals surface area contributed by atoms with Crippen LogP contribution >= 0.6 is 22.9 Å². The van der Waals surface area contributed by atoms with Gasteiger partial charge in [0.2, 0.25) is 5.95 Å². The van der Waals surface area contributed by atoms with Gasteiger partial charge in [-0.15, -0.1) is 11.3 Å². The summed E-state index contributed by atoms with van der Waals surface area (Å²) >= 11 is 3.15. The van der Waals surface area contributed by atoms with E-state index in [9.17, 15) is 0 Å². The fourth-order valence-corrected chi connectivity index (χ4v) is 6.73. The summed E-state index contributed by atoms with van der Waals surface area (Å²) in [6.07, 6.45) is 7.53. The van der Waals surface area contributed by atoms with Crippen LogP contribution in [0.2, 0.25) is 0 Å². The van der Waals surface area contributed by atoms with Gasteiger partial charge in [0, 0.05) is 35.4 Å². The number of morpholine rings is 1. The van der Waals surface area contributed by atoms with Crippen molar-refractivity contribution in [1.82, 2.24) is 19.2 Å². The predicted molar refractivity (Wildman–Crippen MR) is 128 cm³/mol. The second-order valence-electron chi connectivity index (χ2n) is 8.72. The molecule has 32 heavy (non-hydrogen) atoms. The molecule has 8 nitrogen and oxygen atoms in total. The van der Waals surface area contributed by atoms with Crippen LogP contribution in [0.4, 0.5) is 17.5 Å². The first-order valence-electron chi connectivity index (χ1n) is 11.5. The third-order valence-corrected chi connectivity index (χ3v) is 8.44. The molecule has 0 amide bonds. The molecule has 2 N–H and O–H groups in total. The van der Waals surface area contributed by atoms with E-state index < -0.39 is 0 Å². The highest BCUT2D eigenvalue weighted by molar-refractivity contribution is 7.19. The largest absolute Gasteiger partial charge is 0.379 e. The summed E-state index contributed by atoms with van der Waals surface area (Å²) in [6.45, 7) is 5.34. The second kappa shape index (κ2) is 9.18. The second-order valence-corrected chi connectivity index (χ2v) is 10.5. The molecule has 3 aliphatic rings. The molecule has 10 heteroatoms.